The number of thiazole rings is 1. The van der Waals surface area contributed by atoms with Gasteiger partial charge in [-0.05, 0) is 17.7 Å². The average Bonchev–Trinajstić information content (AvgIpc) is 3.04. The Hall–Kier alpha value is -1.43. The summed E-state index contributed by atoms with van der Waals surface area (Å²) in [7, 11) is 0. The van der Waals surface area contributed by atoms with Gasteiger partial charge in [-0.2, -0.15) is 0 Å². The summed E-state index contributed by atoms with van der Waals surface area (Å²) in [4.78, 5) is 19.3. The molecule has 6 heteroatoms. The monoisotopic (exact) mass is 349 g/mol. The third kappa shape index (κ3) is 3.57. The molecule has 4 nitrogen and oxygen atoms in total. The van der Waals surface area contributed by atoms with Crippen molar-refractivity contribution in [2.75, 3.05) is 19.6 Å². The number of halogens is 1. The molecular formula is C17H20ClN3OS. The summed E-state index contributed by atoms with van der Waals surface area (Å²) in [5.74, 6) is 0.341. The van der Waals surface area contributed by atoms with Crippen molar-refractivity contribution < 1.29 is 4.79 Å². The van der Waals surface area contributed by atoms with Gasteiger partial charge < -0.3 is 10.2 Å². The normalized spacial score (nSPS) is 18.4. The molecule has 122 valence electrons. The van der Waals surface area contributed by atoms with Crippen molar-refractivity contribution in [3.05, 3.63) is 50.9 Å². The first-order valence-corrected chi connectivity index (χ1v) is 9.04. The van der Waals surface area contributed by atoms with E-state index in [0.717, 1.165) is 23.7 Å². The van der Waals surface area contributed by atoms with Gasteiger partial charge in [0.2, 0.25) is 0 Å². The van der Waals surface area contributed by atoms with E-state index in [4.69, 9.17) is 11.6 Å². The van der Waals surface area contributed by atoms with E-state index in [9.17, 15) is 4.79 Å². The van der Waals surface area contributed by atoms with Crippen molar-refractivity contribution >= 4 is 28.8 Å². The average molecular weight is 350 g/mol. The van der Waals surface area contributed by atoms with Gasteiger partial charge in [-0.1, -0.05) is 37.6 Å². The third-order valence-electron chi connectivity index (χ3n) is 3.97. The molecule has 0 saturated carbocycles. The molecule has 23 heavy (non-hydrogen) atoms. The summed E-state index contributed by atoms with van der Waals surface area (Å²) in [5.41, 5.74) is 1.60. The molecule has 1 amide bonds. The minimum atomic E-state index is -0.0147. The minimum Gasteiger partial charge on any atom is -0.328 e. The number of rotatable bonds is 3. The maximum atomic E-state index is 12.9. The van der Waals surface area contributed by atoms with Crippen LogP contribution in [0.1, 0.15) is 46.9 Å². The van der Waals surface area contributed by atoms with Crippen LogP contribution in [-0.4, -0.2) is 35.4 Å². The smallest absolute Gasteiger partial charge is 0.273 e. The molecule has 1 aliphatic heterocycles. The molecule has 1 fully saturated rings. The highest BCUT2D eigenvalue weighted by atomic mass is 35.5. The second-order valence-corrected chi connectivity index (χ2v) is 7.33. The highest BCUT2D eigenvalue weighted by Gasteiger charge is 2.30. The maximum Gasteiger partial charge on any atom is 0.273 e. The Morgan fingerprint density at radius 3 is 3.00 bits per heavy atom. The quantitative estimate of drug-likeness (QED) is 0.918. The number of aromatic nitrogens is 1. The van der Waals surface area contributed by atoms with E-state index in [0.29, 0.717) is 23.2 Å². The van der Waals surface area contributed by atoms with Crippen LogP contribution < -0.4 is 5.32 Å². The van der Waals surface area contributed by atoms with Crippen LogP contribution in [0.4, 0.5) is 0 Å². The standard InChI is InChI=1S/C17H20ClN3OS/c1-11(2)16-20-14(10-23-16)17(22)21-7-6-19-9-15(21)12-4-3-5-13(18)8-12/h3-5,8,10-11,15,19H,6-7,9H2,1-2H3. The van der Waals surface area contributed by atoms with Crippen LogP contribution in [0, 0.1) is 0 Å². The number of carbonyl (C=O) groups excluding carboxylic acids is 1. The summed E-state index contributed by atoms with van der Waals surface area (Å²) >= 11 is 7.67. The highest BCUT2D eigenvalue weighted by molar-refractivity contribution is 7.09. The summed E-state index contributed by atoms with van der Waals surface area (Å²) in [6, 6.07) is 7.71. The lowest BCUT2D eigenvalue weighted by atomic mass is 10.0. The van der Waals surface area contributed by atoms with Gasteiger partial charge >= 0.3 is 0 Å². The molecule has 2 aromatic rings. The predicted molar refractivity (Wildman–Crippen MR) is 94.3 cm³/mol. The lowest BCUT2D eigenvalue weighted by molar-refractivity contribution is 0.0629. The zero-order valence-electron chi connectivity index (χ0n) is 13.3. The zero-order valence-corrected chi connectivity index (χ0v) is 14.8. The van der Waals surface area contributed by atoms with E-state index in [1.54, 1.807) is 11.3 Å². The van der Waals surface area contributed by atoms with Crippen molar-refractivity contribution in [3.8, 4) is 0 Å². The van der Waals surface area contributed by atoms with Gasteiger partial charge in [-0.15, -0.1) is 11.3 Å². The third-order valence-corrected chi connectivity index (χ3v) is 5.35. The minimum absolute atomic E-state index is 0.000347. The fourth-order valence-corrected chi connectivity index (χ4v) is 3.77. The van der Waals surface area contributed by atoms with Crippen LogP contribution in [0.3, 0.4) is 0 Å². The first-order valence-electron chi connectivity index (χ1n) is 7.79. The predicted octanol–water partition coefficient (Wildman–Crippen LogP) is 3.71. The molecule has 2 heterocycles. The van der Waals surface area contributed by atoms with Crippen molar-refractivity contribution in [3.63, 3.8) is 0 Å². The zero-order chi connectivity index (χ0) is 16.4. The first kappa shape index (κ1) is 16.4. The van der Waals surface area contributed by atoms with E-state index in [1.165, 1.54) is 0 Å². The van der Waals surface area contributed by atoms with Crippen molar-refractivity contribution in [1.29, 1.82) is 0 Å². The molecule has 3 rings (SSSR count). The summed E-state index contributed by atoms with van der Waals surface area (Å²) in [6.07, 6.45) is 0. The molecule has 0 spiro atoms. The Balaban J connectivity index is 1.87. The van der Waals surface area contributed by atoms with E-state index in [-0.39, 0.29) is 11.9 Å². The molecule has 1 atom stereocenters. The molecule has 1 unspecified atom stereocenters. The van der Waals surface area contributed by atoms with Crippen molar-refractivity contribution in [1.82, 2.24) is 15.2 Å². The molecule has 0 bridgehead atoms. The number of hydrogen-bond acceptors (Lipinski definition) is 4. The van der Waals surface area contributed by atoms with Gasteiger partial charge in [0.15, 0.2) is 0 Å². The number of amides is 1. The van der Waals surface area contributed by atoms with E-state index < -0.39 is 0 Å². The fraction of sp³-hybridized carbons (Fsp3) is 0.412. The van der Waals surface area contributed by atoms with Gasteiger partial charge in [-0.3, -0.25) is 4.79 Å². The van der Waals surface area contributed by atoms with Gasteiger partial charge in [0.25, 0.3) is 5.91 Å². The fourth-order valence-electron chi connectivity index (χ4n) is 2.76. The van der Waals surface area contributed by atoms with Crippen LogP contribution in [0.2, 0.25) is 5.02 Å². The summed E-state index contributed by atoms with van der Waals surface area (Å²) in [6.45, 7) is 6.38. The molecule has 1 aliphatic rings. The van der Waals surface area contributed by atoms with Crippen molar-refractivity contribution in [2.45, 2.75) is 25.8 Å². The van der Waals surface area contributed by atoms with Crippen molar-refractivity contribution in [2.24, 2.45) is 0 Å². The molecule has 1 saturated heterocycles. The Morgan fingerprint density at radius 1 is 1.48 bits per heavy atom. The number of carbonyl (C=O) groups is 1. The number of nitrogens with zero attached hydrogens (tertiary/aromatic N) is 2. The summed E-state index contributed by atoms with van der Waals surface area (Å²) < 4.78 is 0. The lowest BCUT2D eigenvalue weighted by Gasteiger charge is -2.36. The Kier molecular flexibility index (Phi) is 4.99. The summed E-state index contributed by atoms with van der Waals surface area (Å²) in [5, 5.41) is 6.92. The molecule has 0 aliphatic carbocycles. The number of nitrogens with one attached hydrogen (secondary N) is 1. The Morgan fingerprint density at radius 2 is 2.30 bits per heavy atom. The van der Waals surface area contributed by atoms with Crippen LogP contribution in [-0.2, 0) is 0 Å². The molecule has 1 aromatic heterocycles. The largest absolute Gasteiger partial charge is 0.328 e. The van der Waals surface area contributed by atoms with E-state index in [2.05, 4.69) is 24.1 Å². The highest BCUT2D eigenvalue weighted by Crippen LogP contribution is 2.27. The number of piperazine rings is 1. The van der Waals surface area contributed by atoms with Gasteiger partial charge in [0.05, 0.1) is 11.0 Å². The van der Waals surface area contributed by atoms with Crippen LogP contribution in [0.25, 0.3) is 0 Å². The van der Waals surface area contributed by atoms with Crippen LogP contribution in [0.15, 0.2) is 29.6 Å². The van der Waals surface area contributed by atoms with E-state index >= 15 is 0 Å². The Labute approximate surface area is 145 Å². The molecular weight excluding hydrogens is 330 g/mol. The van der Waals surface area contributed by atoms with Gasteiger partial charge in [-0.25, -0.2) is 4.98 Å². The number of hydrogen-bond donors (Lipinski definition) is 1. The van der Waals surface area contributed by atoms with Gasteiger partial charge in [0, 0.05) is 36.0 Å². The van der Waals surface area contributed by atoms with E-state index in [1.807, 2.05) is 34.5 Å². The van der Waals surface area contributed by atoms with Gasteiger partial charge in [0.1, 0.15) is 5.69 Å². The second kappa shape index (κ2) is 6.99. The van der Waals surface area contributed by atoms with Crippen LogP contribution >= 0.6 is 22.9 Å². The topological polar surface area (TPSA) is 45.2 Å². The first-order chi connectivity index (χ1) is 11.1. The molecule has 1 aromatic carbocycles. The Bertz CT molecular complexity index is 701. The lowest BCUT2D eigenvalue weighted by Crippen LogP contribution is -2.48. The second-order valence-electron chi connectivity index (χ2n) is 6.00. The maximum absolute atomic E-state index is 12.9. The molecule has 1 N–H and O–H groups in total. The van der Waals surface area contributed by atoms with Crippen LogP contribution in [0.5, 0.6) is 0 Å². The number of benzene rings is 1. The SMILES string of the molecule is CC(C)c1nc(C(=O)N2CCNCC2c2cccc(Cl)c2)cs1. The molecule has 0 radical (unpaired) electrons.